The van der Waals surface area contributed by atoms with E-state index < -0.39 is 0 Å². The van der Waals surface area contributed by atoms with Gasteiger partial charge in [0.25, 0.3) is 0 Å². The summed E-state index contributed by atoms with van der Waals surface area (Å²) in [4.78, 5) is 8.12. The van der Waals surface area contributed by atoms with Crippen LogP contribution in [0.4, 0.5) is 5.95 Å². The first kappa shape index (κ1) is 12.9. The zero-order chi connectivity index (χ0) is 13.9. The van der Waals surface area contributed by atoms with Gasteiger partial charge >= 0.3 is 0 Å². The molecule has 0 saturated heterocycles. The molecule has 2 aromatic rings. The average molecular weight is 271 g/mol. The number of nitrogens with two attached hydrogens (primary N) is 1. The van der Waals surface area contributed by atoms with Crippen molar-refractivity contribution < 1.29 is 9.84 Å². The summed E-state index contributed by atoms with van der Waals surface area (Å²) in [5.41, 5.74) is 7.28. The molecule has 0 amide bonds. The molecule has 1 fully saturated rings. The number of hydrogen-bond donors (Lipinski definition) is 2. The van der Waals surface area contributed by atoms with E-state index >= 15 is 0 Å². The number of ether oxygens (including phenoxy) is 1. The highest BCUT2D eigenvalue weighted by atomic mass is 16.5. The number of rotatable bonds is 4. The van der Waals surface area contributed by atoms with Crippen LogP contribution in [0.25, 0.3) is 11.3 Å². The van der Waals surface area contributed by atoms with E-state index in [0.29, 0.717) is 12.5 Å². The van der Waals surface area contributed by atoms with Gasteiger partial charge in [0.05, 0.1) is 18.4 Å². The zero-order valence-corrected chi connectivity index (χ0v) is 11.1. The molecule has 1 aromatic carbocycles. The maximum atomic E-state index is 9.29. The summed E-state index contributed by atoms with van der Waals surface area (Å²) in [5, 5.41) is 9.29. The van der Waals surface area contributed by atoms with E-state index in [4.69, 9.17) is 10.5 Å². The van der Waals surface area contributed by atoms with Gasteiger partial charge in [0.1, 0.15) is 5.75 Å². The predicted molar refractivity (Wildman–Crippen MR) is 76.1 cm³/mol. The Hall–Kier alpha value is -2.14. The fourth-order valence-electron chi connectivity index (χ4n) is 2.37. The number of nitrogen functional groups attached to an aromatic ring is 1. The molecule has 0 radical (unpaired) electrons. The summed E-state index contributed by atoms with van der Waals surface area (Å²) in [6.07, 6.45) is 3.13. The van der Waals surface area contributed by atoms with Gasteiger partial charge in [-0.05, 0) is 37.0 Å². The molecule has 1 heterocycles. The van der Waals surface area contributed by atoms with Gasteiger partial charge in [-0.3, -0.25) is 0 Å². The fourth-order valence-corrected chi connectivity index (χ4v) is 2.37. The Bertz CT molecular complexity index is 597. The highest BCUT2D eigenvalue weighted by Gasteiger charge is 2.27. The predicted octanol–water partition coefficient (Wildman–Crippen LogP) is 1.88. The van der Waals surface area contributed by atoms with Crippen molar-refractivity contribution in [1.82, 2.24) is 9.97 Å². The molecule has 0 bridgehead atoms. The summed E-state index contributed by atoms with van der Waals surface area (Å²) in [6, 6.07) is 9.55. The van der Waals surface area contributed by atoms with Crippen LogP contribution in [-0.4, -0.2) is 27.8 Å². The van der Waals surface area contributed by atoms with Crippen LogP contribution in [0.2, 0.25) is 0 Å². The van der Waals surface area contributed by atoms with E-state index in [2.05, 4.69) is 9.97 Å². The van der Waals surface area contributed by atoms with Crippen LogP contribution in [0, 0.1) is 5.92 Å². The molecule has 20 heavy (non-hydrogen) atoms. The third kappa shape index (κ3) is 2.72. The van der Waals surface area contributed by atoms with E-state index in [9.17, 15) is 5.11 Å². The van der Waals surface area contributed by atoms with Gasteiger partial charge in [-0.2, -0.15) is 0 Å². The molecule has 3 rings (SSSR count). The van der Waals surface area contributed by atoms with Crippen molar-refractivity contribution in [2.75, 3.05) is 12.3 Å². The molecule has 0 spiro atoms. The van der Waals surface area contributed by atoms with Crippen LogP contribution < -0.4 is 10.5 Å². The number of aromatic nitrogens is 2. The molecule has 1 saturated carbocycles. The Morgan fingerprint density at radius 1 is 1.25 bits per heavy atom. The largest absolute Gasteiger partial charge is 0.493 e. The van der Waals surface area contributed by atoms with Gasteiger partial charge in [-0.25, -0.2) is 9.97 Å². The molecular formula is C15H17N3O2. The molecule has 5 heteroatoms. The van der Waals surface area contributed by atoms with Crippen molar-refractivity contribution >= 4 is 5.95 Å². The topological polar surface area (TPSA) is 81.3 Å². The normalized spacial score (nSPS) is 21.2. The molecule has 5 nitrogen and oxygen atoms in total. The van der Waals surface area contributed by atoms with E-state index in [1.54, 1.807) is 6.20 Å². The van der Waals surface area contributed by atoms with Crippen LogP contribution in [0.15, 0.2) is 36.5 Å². The fraction of sp³-hybridized carbons (Fsp3) is 0.333. The number of para-hydroxylation sites is 1. The van der Waals surface area contributed by atoms with Crippen molar-refractivity contribution in [1.29, 1.82) is 0 Å². The number of hydrogen-bond acceptors (Lipinski definition) is 5. The van der Waals surface area contributed by atoms with E-state index in [-0.39, 0.29) is 12.1 Å². The summed E-state index contributed by atoms with van der Waals surface area (Å²) >= 11 is 0. The van der Waals surface area contributed by atoms with E-state index in [1.807, 2.05) is 30.3 Å². The van der Waals surface area contributed by atoms with E-state index in [1.165, 1.54) is 0 Å². The monoisotopic (exact) mass is 271 g/mol. The summed E-state index contributed by atoms with van der Waals surface area (Å²) in [6.45, 7) is 0.620. The molecule has 0 unspecified atom stereocenters. The number of aliphatic hydroxyl groups is 1. The van der Waals surface area contributed by atoms with Gasteiger partial charge in [0.2, 0.25) is 5.95 Å². The van der Waals surface area contributed by atoms with Gasteiger partial charge in [0, 0.05) is 11.8 Å². The number of aliphatic hydroxyl groups excluding tert-OH is 1. The number of benzene rings is 1. The molecule has 3 N–H and O–H groups in total. The van der Waals surface area contributed by atoms with Gasteiger partial charge in [0.15, 0.2) is 0 Å². The second-order valence-electron chi connectivity index (χ2n) is 5.10. The van der Waals surface area contributed by atoms with Crippen molar-refractivity contribution in [3.63, 3.8) is 0 Å². The van der Waals surface area contributed by atoms with Crippen molar-refractivity contribution in [3.05, 3.63) is 36.5 Å². The zero-order valence-electron chi connectivity index (χ0n) is 11.1. The lowest BCUT2D eigenvalue weighted by Gasteiger charge is -2.31. The Morgan fingerprint density at radius 3 is 2.80 bits per heavy atom. The second kappa shape index (κ2) is 5.46. The van der Waals surface area contributed by atoms with Crippen LogP contribution in [0.3, 0.4) is 0 Å². The van der Waals surface area contributed by atoms with Crippen molar-refractivity contribution in [2.24, 2.45) is 5.92 Å². The first-order valence-electron chi connectivity index (χ1n) is 6.71. The van der Waals surface area contributed by atoms with Crippen LogP contribution in [0.1, 0.15) is 12.8 Å². The van der Waals surface area contributed by atoms with Crippen LogP contribution in [0.5, 0.6) is 5.75 Å². The van der Waals surface area contributed by atoms with Gasteiger partial charge in [-0.1, -0.05) is 12.1 Å². The molecule has 1 aliphatic rings. The Balaban J connectivity index is 1.77. The second-order valence-corrected chi connectivity index (χ2v) is 5.10. The van der Waals surface area contributed by atoms with Crippen LogP contribution >= 0.6 is 0 Å². The quantitative estimate of drug-likeness (QED) is 0.887. The highest BCUT2D eigenvalue weighted by molar-refractivity contribution is 5.67. The number of anilines is 1. The first-order valence-corrected chi connectivity index (χ1v) is 6.71. The standard InChI is InChI=1S/C15H17N3O2/c16-15-17-6-5-13(18-15)12-3-1-2-4-14(12)20-9-10-7-11(19)8-10/h1-6,10-11,19H,7-9H2,(H2,16,17,18). The molecule has 104 valence electrons. The highest BCUT2D eigenvalue weighted by Crippen LogP contribution is 2.32. The molecule has 1 aromatic heterocycles. The molecule has 0 atom stereocenters. The first-order chi connectivity index (χ1) is 9.72. The summed E-state index contributed by atoms with van der Waals surface area (Å²) < 4.78 is 5.87. The lowest BCUT2D eigenvalue weighted by Crippen LogP contribution is -2.32. The van der Waals surface area contributed by atoms with Crippen LogP contribution in [-0.2, 0) is 0 Å². The average Bonchev–Trinajstić information content (AvgIpc) is 2.43. The van der Waals surface area contributed by atoms with Gasteiger partial charge in [-0.15, -0.1) is 0 Å². The van der Waals surface area contributed by atoms with E-state index in [0.717, 1.165) is 29.8 Å². The maximum Gasteiger partial charge on any atom is 0.220 e. The minimum atomic E-state index is -0.152. The van der Waals surface area contributed by atoms with Crippen molar-refractivity contribution in [3.8, 4) is 17.0 Å². The Labute approximate surface area is 117 Å². The maximum absolute atomic E-state index is 9.29. The third-order valence-electron chi connectivity index (χ3n) is 3.52. The Morgan fingerprint density at radius 2 is 2.05 bits per heavy atom. The molecule has 1 aliphatic carbocycles. The minimum absolute atomic E-state index is 0.152. The molecule has 0 aliphatic heterocycles. The third-order valence-corrected chi connectivity index (χ3v) is 3.52. The minimum Gasteiger partial charge on any atom is -0.493 e. The Kier molecular flexibility index (Phi) is 3.52. The summed E-state index contributed by atoms with van der Waals surface area (Å²) in [5.74, 6) is 1.47. The van der Waals surface area contributed by atoms with Gasteiger partial charge < -0.3 is 15.6 Å². The smallest absolute Gasteiger partial charge is 0.220 e. The SMILES string of the molecule is Nc1nccc(-c2ccccc2OCC2CC(O)C2)n1. The molecular weight excluding hydrogens is 254 g/mol. The summed E-state index contributed by atoms with van der Waals surface area (Å²) in [7, 11) is 0. The van der Waals surface area contributed by atoms with Crippen molar-refractivity contribution in [2.45, 2.75) is 18.9 Å². The lowest BCUT2D eigenvalue weighted by molar-refractivity contribution is 0.0204. The lowest BCUT2D eigenvalue weighted by atomic mass is 9.83. The number of nitrogens with zero attached hydrogens (tertiary/aromatic N) is 2.